The maximum absolute atomic E-state index is 12.9. The molecular weight excluding hydrogens is 194 g/mol. The largest absolute Gasteiger partial charge is 0.411 e. The third-order valence-corrected chi connectivity index (χ3v) is 1.36. The molecule has 2 N–H and O–H groups in total. The van der Waals surface area contributed by atoms with Crippen molar-refractivity contribution >= 4 is 17.8 Å². The van der Waals surface area contributed by atoms with Crippen molar-refractivity contribution < 1.29 is 18.8 Å². The van der Waals surface area contributed by atoms with Crippen molar-refractivity contribution in [3.63, 3.8) is 0 Å². The molecule has 0 bridgehead atoms. The number of hydrogen-bond donors (Lipinski definition) is 2. The fraction of sp³-hybridized carbons (Fsp3) is 0. The molecule has 0 atom stereocenters. The van der Waals surface area contributed by atoms with Gasteiger partial charge in [0.15, 0.2) is 0 Å². The monoisotopic (exact) mass is 200 g/mol. The average molecular weight is 200 g/mol. The fourth-order valence-corrected chi connectivity index (χ4v) is 0.808. The molecule has 14 heavy (non-hydrogen) atoms. The Morgan fingerprint density at radius 3 is 2.79 bits per heavy atom. The van der Waals surface area contributed by atoms with E-state index in [1.165, 1.54) is 0 Å². The predicted octanol–water partition coefficient (Wildman–Crippen LogP) is 1.36. The number of oxime groups is 1. The zero-order valence-electron chi connectivity index (χ0n) is 6.87. The van der Waals surface area contributed by atoms with Gasteiger partial charge in [0.1, 0.15) is 17.8 Å². The van der Waals surface area contributed by atoms with Crippen LogP contribution in [-0.4, -0.2) is 17.3 Å². The van der Waals surface area contributed by atoms with Crippen molar-refractivity contribution in [2.75, 3.05) is 5.32 Å². The summed E-state index contributed by atoms with van der Waals surface area (Å²) in [5.41, 5.74) is -0.184. The summed E-state index contributed by atoms with van der Waals surface area (Å²) in [6, 6.07) is 2.69. The number of hydrogen-bond acceptors (Lipinski definition) is 3. The first-order valence-electron chi connectivity index (χ1n) is 3.57. The van der Waals surface area contributed by atoms with E-state index >= 15 is 0 Å². The van der Waals surface area contributed by atoms with E-state index in [9.17, 15) is 13.6 Å². The van der Waals surface area contributed by atoms with E-state index in [4.69, 9.17) is 5.21 Å². The second-order valence-corrected chi connectivity index (χ2v) is 2.36. The summed E-state index contributed by atoms with van der Waals surface area (Å²) in [6.07, 6.45) is 0.558. The summed E-state index contributed by atoms with van der Waals surface area (Å²) in [4.78, 5) is 10.8. The summed E-state index contributed by atoms with van der Waals surface area (Å²) in [7, 11) is 0. The Bertz CT molecular complexity index is 380. The predicted molar refractivity (Wildman–Crippen MR) is 45.3 cm³/mol. The van der Waals surface area contributed by atoms with E-state index in [0.717, 1.165) is 12.1 Å². The van der Waals surface area contributed by atoms with Crippen LogP contribution in [0.2, 0.25) is 0 Å². The van der Waals surface area contributed by atoms with Crippen LogP contribution in [0.25, 0.3) is 0 Å². The number of amides is 1. The van der Waals surface area contributed by atoms with Gasteiger partial charge in [-0.25, -0.2) is 8.78 Å². The smallest absolute Gasteiger partial charge is 0.270 e. The van der Waals surface area contributed by atoms with Crippen LogP contribution in [0.15, 0.2) is 23.4 Å². The van der Waals surface area contributed by atoms with E-state index in [-0.39, 0.29) is 5.69 Å². The second-order valence-electron chi connectivity index (χ2n) is 2.36. The lowest BCUT2D eigenvalue weighted by molar-refractivity contribution is -0.110. The van der Waals surface area contributed by atoms with Crippen LogP contribution < -0.4 is 5.32 Å². The number of nitrogens with one attached hydrogen (secondary N) is 1. The molecule has 0 saturated heterocycles. The molecule has 74 valence electrons. The maximum Gasteiger partial charge on any atom is 0.270 e. The van der Waals surface area contributed by atoms with E-state index in [1.54, 1.807) is 0 Å². The SMILES string of the molecule is O=C(/C=N\O)Nc1ccc(F)cc1F. The van der Waals surface area contributed by atoms with Crippen LogP contribution in [-0.2, 0) is 4.79 Å². The number of carbonyl (C=O) groups is 1. The van der Waals surface area contributed by atoms with E-state index in [2.05, 4.69) is 5.16 Å². The molecule has 1 rings (SSSR count). The molecule has 0 aliphatic rings. The van der Waals surface area contributed by atoms with Gasteiger partial charge in [0.05, 0.1) is 5.69 Å². The lowest BCUT2D eigenvalue weighted by Crippen LogP contribution is -2.13. The molecule has 0 aliphatic heterocycles. The van der Waals surface area contributed by atoms with Gasteiger partial charge >= 0.3 is 0 Å². The van der Waals surface area contributed by atoms with Gasteiger partial charge in [-0.15, -0.1) is 0 Å². The minimum Gasteiger partial charge on any atom is -0.411 e. The van der Waals surface area contributed by atoms with Crippen LogP contribution in [0.4, 0.5) is 14.5 Å². The molecular formula is C8H6F2N2O2. The van der Waals surface area contributed by atoms with Crippen LogP contribution >= 0.6 is 0 Å². The summed E-state index contributed by atoms with van der Waals surface area (Å²) in [5.74, 6) is -2.45. The molecule has 0 unspecified atom stereocenters. The Labute approximate surface area is 77.8 Å². The lowest BCUT2D eigenvalue weighted by atomic mass is 10.3. The molecule has 4 nitrogen and oxygen atoms in total. The van der Waals surface area contributed by atoms with Crippen LogP contribution in [0, 0.1) is 11.6 Å². The fourth-order valence-electron chi connectivity index (χ4n) is 0.808. The van der Waals surface area contributed by atoms with Crippen molar-refractivity contribution in [2.45, 2.75) is 0 Å². The van der Waals surface area contributed by atoms with Gasteiger partial charge in [-0.3, -0.25) is 4.79 Å². The quantitative estimate of drug-likeness (QED) is 0.430. The van der Waals surface area contributed by atoms with Gasteiger partial charge in [0, 0.05) is 6.07 Å². The molecule has 0 radical (unpaired) electrons. The summed E-state index contributed by atoms with van der Waals surface area (Å²) in [6.45, 7) is 0. The highest BCUT2D eigenvalue weighted by atomic mass is 19.1. The Morgan fingerprint density at radius 1 is 1.50 bits per heavy atom. The summed E-state index contributed by atoms with van der Waals surface area (Å²) >= 11 is 0. The average Bonchev–Trinajstić information content (AvgIpc) is 2.10. The molecule has 1 aromatic carbocycles. The maximum atomic E-state index is 12.9. The summed E-state index contributed by atoms with van der Waals surface area (Å²) < 4.78 is 25.3. The van der Waals surface area contributed by atoms with E-state index < -0.39 is 17.5 Å². The first kappa shape index (κ1) is 10.1. The molecule has 0 fully saturated rings. The number of benzene rings is 1. The number of carbonyl (C=O) groups excluding carboxylic acids is 1. The Morgan fingerprint density at radius 2 is 2.21 bits per heavy atom. The molecule has 0 saturated carbocycles. The van der Waals surface area contributed by atoms with E-state index in [0.29, 0.717) is 12.3 Å². The Balaban J connectivity index is 2.82. The highest BCUT2D eigenvalue weighted by molar-refractivity contribution is 6.31. The van der Waals surface area contributed by atoms with Gasteiger partial charge in [0.2, 0.25) is 0 Å². The first-order chi connectivity index (χ1) is 6.63. The zero-order chi connectivity index (χ0) is 10.6. The molecule has 1 aromatic rings. The molecule has 1 amide bonds. The normalized spacial score (nSPS) is 10.4. The molecule has 0 heterocycles. The number of nitrogens with zero attached hydrogens (tertiary/aromatic N) is 1. The van der Waals surface area contributed by atoms with Crippen molar-refractivity contribution in [3.8, 4) is 0 Å². The molecule has 0 aliphatic carbocycles. The van der Waals surface area contributed by atoms with Crippen LogP contribution in [0.1, 0.15) is 0 Å². The minimum atomic E-state index is -0.898. The van der Waals surface area contributed by atoms with Crippen LogP contribution in [0.5, 0.6) is 0 Å². The number of anilines is 1. The first-order valence-corrected chi connectivity index (χ1v) is 3.57. The standard InChI is InChI=1S/C8H6F2N2O2/c9-5-1-2-7(6(10)3-5)12-8(13)4-11-14/h1-4,14H,(H,12,13)/b11-4-. The van der Waals surface area contributed by atoms with Crippen molar-refractivity contribution in [1.29, 1.82) is 0 Å². The van der Waals surface area contributed by atoms with Crippen molar-refractivity contribution in [1.82, 2.24) is 0 Å². The minimum absolute atomic E-state index is 0.184. The van der Waals surface area contributed by atoms with Gasteiger partial charge in [-0.2, -0.15) is 0 Å². The summed E-state index contributed by atoms with van der Waals surface area (Å²) in [5, 5.41) is 12.5. The third-order valence-electron chi connectivity index (χ3n) is 1.36. The highest BCUT2D eigenvalue weighted by Crippen LogP contribution is 2.14. The van der Waals surface area contributed by atoms with Gasteiger partial charge < -0.3 is 10.5 Å². The Hall–Kier alpha value is -1.98. The third kappa shape index (κ3) is 2.51. The van der Waals surface area contributed by atoms with E-state index in [1.807, 2.05) is 5.32 Å². The van der Waals surface area contributed by atoms with Crippen molar-refractivity contribution in [3.05, 3.63) is 29.8 Å². The molecule has 0 aromatic heterocycles. The van der Waals surface area contributed by atoms with Gasteiger partial charge in [-0.05, 0) is 12.1 Å². The highest BCUT2D eigenvalue weighted by Gasteiger charge is 2.05. The molecule has 6 heteroatoms. The second kappa shape index (κ2) is 4.31. The zero-order valence-corrected chi connectivity index (χ0v) is 6.87. The Kier molecular flexibility index (Phi) is 3.11. The van der Waals surface area contributed by atoms with Crippen molar-refractivity contribution in [2.24, 2.45) is 5.16 Å². The van der Waals surface area contributed by atoms with Gasteiger partial charge in [0.25, 0.3) is 5.91 Å². The number of rotatable bonds is 2. The molecule has 0 spiro atoms. The number of halogens is 2. The van der Waals surface area contributed by atoms with Crippen LogP contribution in [0.3, 0.4) is 0 Å². The van der Waals surface area contributed by atoms with Gasteiger partial charge in [-0.1, -0.05) is 5.16 Å². The topological polar surface area (TPSA) is 61.7 Å². The lowest BCUT2D eigenvalue weighted by Gasteiger charge is -2.02.